The van der Waals surface area contributed by atoms with Crippen LogP contribution in [0.1, 0.15) is 42.3 Å². The van der Waals surface area contributed by atoms with Crippen molar-refractivity contribution in [2.24, 2.45) is 5.10 Å². The van der Waals surface area contributed by atoms with Crippen molar-refractivity contribution in [1.29, 1.82) is 0 Å². The Balaban J connectivity index is 1.55. The van der Waals surface area contributed by atoms with E-state index >= 15 is 0 Å². The minimum absolute atomic E-state index is 0.0916. The zero-order valence-corrected chi connectivity index (χ0v) is 24.9. The Morgan fingerprint density at radius 1 is 0.975 bits per heavy atom. The summed E-state index contributed by atoms with van der Waals surface area (Å²) in [5, 5.41) is 5.03. The number of benzene rings is 3. The van der Waals surface area contributed by atoms with Crippen molar-refractivity contribution >= 4 is 51.0 Å². The molecule has 1 N–H and O–H groups in total. The van der Waals surface area contributed by atoms with Gasteiger partial charge in [0.25, 0.3) is 15.9 Å². The monoisotopic (exact) mass is 596 g/mol. The van der Waals surface area contributed by atoms with Crippen molar-refractivity contribution in [3.8, 4) is 5.69 Å². The molecule has 0 unspecified atom stereocenters. The van der Waals surface area contributed by atoms with Crippen LogP contribution in [-0.2, 0) is 14.8 Å². The van der Waals surface area contributed by atoms with E-state index in [0.717, 1.165) is 32.5 Å². The fourth-order valence-corrected chi connectivity index (χ4v) is 6.07. The van der Waals surface area contributed by atoms with Gasteiger partial charge in [0.15, 0.2) is 0 Å². The summed E-state index contributed by atoms with van der Waals surface area (Å²) >= 11 is 12.3. The first-order chi connectivity index (χ1) is 19.0. The highest BCUT2D eigenvalue weighted by molar-refractivity contribution is 7.92. The summed E-state index contributed by atoms with van der Waals surface area (Å²) in [6, 6.07) is 22.5. The molecule has 0 atom stereocenters. The van der Waals surface area contributed by atoms with Gasteiger partial charge in [0, 0.05) is 22.6 Å². The van der Waals surface area contributed by atoms with E-state index in [9.17, 15) is 13.2 Å². The zero-order valence-electron chi connectivity index (χ0n) is 22.6. The number of carbonyl (C=O) groups is 1. The van der Waals surface area contributed by atoms with Crippen LogP contribution in [0.5, 0.6) is 0 Å². The SMILES string of the molecule is Cc1cc(/C=N\NC(=O)CN(c2ccc(C(C)C)cc2)S(=O)(=O)c2ccccc2)c(C)n1-c1ccc(Cl)c(Cl)c1. The third-order valence-electron chi connectivity index (χ3n) is 6.49. The van der Waals surface area contributed by atoms with E-state index < -0.39 is 22.5 Å². The lowest BCUT2D eigenvalue weighted by Crippen LogP contribution is -2.39. The smallest absolute Gasteiger partial charge is 0.264 e. The van der Waals surface area contributed by atoms with Crippen molar-refractivity contribution in [1.82, 2.24) is 9.99 Å². The Kier molecular flexibility index (Phi) is 9.03. The third-order valence-corrected chi connectivity index (χ3v) is 9.02. The van der Waals surface area contributed by atoms with E-state index in [0.29, 0.717) is 15.7 Å². The van der Waals surface area contributed by atoms with Gasteiger partial charge in [-0.25, -0.2) is 13.8 Å². The fourth-order valence-electron chi connectivity index (χ4n) is 4.34. The number of amides is 1. The maximum atomic E-state index is 13.5. The Morgan fingerprint density at radius 2 is 1.65 bits per heavy atom. The van der Waals surface area contributed by atoms with Crippen LogP contribution in [0.25, 0.3) is 5.69 Å². The van der Waals surface area contributed by atoms with Crippen LogP contribution in [0.2, 0.25) is 10.0 Å². The second kappa shape index (κ2) is 12.3. The van der Waals surface area contributed by atoms with Gasteiger partial charge in [-0.1, -0.05) is 67.4 Å². The standard InChI is InChI=1S/C30H30Cl2N4O3S/c1-20(2)23-10-12-25(13-11-23)35(40(38,39)27-8-6-5-7-9-27)19-30(37)34-33-18-24-16-21(3)36(22(24)4)26-14-15-28(31)29(32)17-26/h5-18,20H,19H2,1-4H3,(H,34,37)/b33-18-. The molecule has 1 heterocycles. The normalized spacial score (nSPS) is 11.8. The lowest BCUT2D eigenvalue weighted by molar-refractivity contribution is -0.119. The first-order valence-corrected chi connectivity index (χ1v) is 14.8. The lowest BCUT2D eigenvalue weighted by atomic mass is 10.0. The molecule has 0 saturated heterocycles. The second-order valence-electron chi connectivity index (χ2n) is 9.62. The summed E-state index contributed by atoms with van der Waals surface area (Å²) in [4.78, 5) is 13.0. The van der Waals surface area contributed by atoms with E-state index in [1.807, 2.05) is 42.7 Å². The van der Waals surface area contributed by atoms with E-state index in [-0.39, 0.29) is 10.8 Å². The summed E-state index contributed by atoms with van der Waals surface area (Å²) in [5.41, 5.74) is 7.37. The molecule has 0 fully saturated rings. The average Bonchev–Trinajstić information content (AvgIpc) is 3.21. The predicted octanol–water partition coefficient (Wildman–Crippen LogP) is 6.87. The number of nitrogens with zero attached hydrogens (tertiary/aromatic N) is 3. The number of halogens is 2. The van der Waals surface area contributed by atoms with Crippen LogP contribution in [-0.4, -0.2) is 31.7 Å². The molecule has 3 aromatic carbocycles. The molecule has 208 valence electrons. The van der Waals surface area contributed by atoms with Crippen LogP contribution < -0.4 is 9.73 Å². The van der Waals surface area contributed by atoms with Gasteiger partial charge in [-0.05, 0) is 73.9 Å². The van der Waals surface area contributed by atoms with Crippen molar-refractivity contribution in [3.63, 3.8) is 0 Å². The molecule has 4 aromatic rings. The lowest BCUT2D eigenvalue weighted by Gasteiger charge is -2.24. The van der Waals surface area contributed by atoms with E-state index in [1.54, 1.807) is 42.5 Å². The van der Waals surface area contributed by atoms with E-state index in [2.05, 4.69) is 24.4 Å². The molecule has 0 bridgehead atoms. The molecule has 7 nitrogen and oxygen atoms in total. The average molecular weight is 598 g/mol. The number of anilines is 1. The zero-order chi connectivity index (χ0) is 29.0. The van der Waals surface area contributed by atoms with Crippen LogP contribution in [0.4, 0.5) is 5.69 Å². The van der Waals surface area contributed by atoms with Gasteiger partial charge < -0.3 is 4.57 Å². The molecule has 40 heavy (non-hydrogen) atoms. The van der Waals surface area contributed by atoms with Crippen molar-refractivity contribution in [3.05, 3.63) is 111 Å². The molecule has 0 aliphatic carbocycles. The van der Waals surface area contributed by atoms with Crippen LogP contribution >= 0.6 is 23.2 Å². The van der Waals surface area contributed by atoms with Crippen LogP contribution in [0.3, 0.4) is 0 Å². The summed E-state index contributed by atoms with van der Waals surface area (Å²) in [6.07, 6.45) is 1.53. The molecular formula is C30H30Cl2N4O3S. The molecule has 0 saturated carbocycles. The molecule has 1 aromatic heterocycles. The first kappa shape index (κ1) is 29.4. The minimum atomic E-state index is -4.01. The molecule has 0 aliphatic heterocycles. The summed E-state index contributed by atoms with van der Waals surface area (Å²) < 4.78 is 30.2. The summed E-state index contributed by atoms with van der Waals surface area (Å²) in [5.74, 6) is -0.300. The van der Waals surface area contributed by atoms with Crippen LogP contribution in [0.15, 0.2) is 88.9 Å². The van der Waals surface area contributed by atoms with E-state index in [4.69, 9.17) is 23.2 Å². The van der Waals surface area contributed by atoms with E-state index in [1.165, 1.54) is 18.3 Å². The summed E-state index contributed by atoms with van der Waals surface area (Å²) in [6.45, 7) is 7.54. The van der Waals surface area contributed by atoms with Gasteiger partial charge in [0.05, 0.1) is 26.8 Å². The number of hydrogen-bond acceptors (Lipinski definition) is 4. The third kappa shape index (κ3) is 6.41. The Labute approximate surface area is 245 Å². The van der Waals surface area contributed by atoms with Gasteiger partial charge in [0.2, 0.25) is 0 Å². The van der Waals surface area contributed by atoms with Gasteiger partial charge >= 0.3 is 0 Å². The number of hydrogen-bond donors (Lipinski definition) is 1. The quantitative estimate of drug-likeness (QED) is 0.169. The van der Waals surface area contributed by atoms with Crippen molar-refractivity contribution < 1.29 is 13.2 Å². The second-order valence-corrected chi connectivity index (χ2v) is 12.3. The number of aromatic nitrogens is 1. The molecular weight excluding hydrogens is 567 g/mol. The van der Waals surface area contributed by atoms with Gasteiger partial charge in [-0.3, -0.25) is 9.10 Å². The highest BCUT2D eigenvalue weighted by Crippen LogP contribution is 2.28. The largest absolute Gasteiger partial charge is 0.318 e. The van der Waals surface area contributed by atoms with Crippen molar-refractivity contribution in [2.45, 2.75) is 38.5 Å². The summed E-state index contributed by atoms with van der Waals surface area (Å²) in [7, 11) is -4.01. The Morgan fingerprint density at radius 3 is 2.27 bits per heavy atom. The highest BCUT2D eigenvalue weighted by atomic mass is 35.5. The maximum absolute atomic E-state index is 13.5. The number of nitrogens with one attached hydrogen (secondary N) is 1. The number of rotatable bonds is 9. The molecule has 0 spiro atoms. The number of hydrazone groups is 1. The molecule has 10 heteroatoms. The Hall–Kier alpha value is -3.59. The predicted molar refractivity (Wildman–Crippen MR) is 163 cm³/mol. The molecule has 0 aliphatic rings. The minimum Gasteiger partial charge on any atom is -0.318 e. The van der Waals surface area contributed by atoms with Gasteiger partial charge in [0.1, 0.15) is 6.54 Å². The fraction of sp³-hybridized carbons (Fsp3) is 0.200. The maximum Gasteiger partial charge on any atom is 0.264 e. The van der Waals surface area contributed by atoms with Crippen LogP contribution in [0, 0.1) is 13.8 Å². The van der Waals surface area contributed by atoms with Crippen molar-refractivity contribution in [2.75, 3.05) is 10.8 Å². The Bertz CT molecular complexity index is 1650. The molecule has 1 amide bonds. The first-order valence-electron chi connectivity index (χ1n) is 12.6. The number of aryl methyl sites for hydroxylation is 1. The number of sulfonamides is 1. The molecule has 0 radical (unpaired) electrons. The number of carbonyl (C=O) groups excluding carboxylic acids is 1. The highest BCUT2D eigenvalue weighted by Gasteiger charge is 2.27. The van der Waals surface area contributed by atoms with Gasteiger partial charge in [-0.2, -0.15) is 5.10 Å². The topological polar surface area (TPSA) is 83.8 Å². The van der Waals surface area contributed by atoms with Gasteiger partial charge in [-0.15, -0.1) is 0 Å². The molecule has 4 rings (SSSR count).